The summed E-state index contributed by atoms with van der Waals surface area (Å²) in [7, 11) is -2.95. The van der Waals surface area contributed by atoms with Crippen molar-refractivity contribution in [2.45, 2.75) is 59.0 Å². The van der Waals surface area contributed by atoms with Crippen LogP contribution in [0.25, 0.3) is 0 Å². The molecule has 5 heteroatoms. The average Bonchev–Trinajstić information content (AvgIpc) is 2.82. The van der Waals surface area contributed by atoms with Crippen LogP contribution in [-0.2, 0) is 26.2 Å². The summed E-state index contributed by atoms with van der Waals surface area (Å²) in [5.41, 5.74) is 0. The van der Waals surface area contributed by atoms with Gasteiger partial charge in [-0.1, -0.05) is 26.2 Å². The van der Waals surface area contributed by atoms with Gasteiger partial charge >= 0.3 is 7.60 Å². The van der Waals surface area contributed by atoms with Crippen LogP contribution in [0.15, 0.2) is 12.1 Å². The third kappa shape index (κ3) is 6.53. The van der Waals surface area contributed by atoms with E-state index in [-0.39, 0.29) is 0 Å². The van der Waals surface area contributed by atoms with Crippen LogP contribution >= 0.6 is 18.9 Å². The van der Waals surface area contributed by atoms with Crippen molar-refractivity contribution in [3.63, 3.8) is 0 Å². The molecule has 0 N–H and O–H groups in total. The monoisotopic (exact) mass is 318 g/mol. The van der Waals surface area contributed by atoms with Crippen LogP contribution in [0.1, 0.15) is 56.2 Å². The smallest absolute Gasteiger partial charge is 0.309 e. The highest BCUT2D eigenvalue weighted by molar-refractivity contribution is 7.53. The molecule has 0 radical (unpaired) electrons. The third-order valence-electron chi connectivity index (χ3n) is 3.00. The first-order valence-corrected chi connectivity index (χ1v) is 10.1. The van der Waals surface area contributed by atoms with Gasteiger partial charge in [0.15, 0.2) is 0 Å². The van der Waals surface area contributed by atoms with E-state index in [1.54, 1.807) is 11.3 Å². The molecular weight excluding hydrogens is 291 g/mol. The van der Waals surface area contributed by atoms with Crippen LogP contribution in [-0.4, -0.2) is 13.2 Å². The summed E-state index contributed by atoms with van der Waals surface area (Å²) in [5, 5.41) is 0. The number of thiophene rings is 1. The maximum Gasteiger partial charge on any atom is 0.335 e. The van der Waals surface area contributed by atoms with Crippen LogP contribution in [0.5, 0.6) is 0 Å². The molecule has 20 heavy (non-hydrogen) atoms. The molecule has 0 saturated carbocycles. The van der Waals surface area contributed by atoms with Gasteiger partial charge in [-0.3, -0.25) is 4.57 Å². The van der Waals surface area contributed by atoms with Crippen molar-refractivity contribution < 1.29 is 13.6 Å². The zero-order valence-corrected chi connectivity index (χ0v) is 14.6. The molecular formula is C15H27O3PS. The molecule has 0 bridgehead atoms. The Hall–Kier alpha value is -0.150. The highest BCUT2D eigenvalue weighted by atomic mass is 32.1. The Morgan fingerprint density at radius 3 is 2.25 bits per heavy atom. The maximum absolute atomic E-state index is 12.5. The third-order valence-corrected chi connectivity index (χ3v) is 6.39. The second-order valence-corrected chi connectivity index (χ2v) is 8.09. The standard InChI is InChI=1S/C15H27O3PS/c1-4-7-8-9-10-14-11-12-15(20-14)13-19(16,17-5-2)18-6-3/h11-12H,4-10,13H2,1-3H3. The normalized spacial score (nSPS) is 11.9. The molecule has 0 fully saturated rings. The van der Waals surface area contributed by atoms with E-state index in [1.807, 2.05) is 13.8 Å². The summed E-state index contributed by atoms with van der Waals surface area (Å²) in [6.45, 7) is 6.76. The first-order chi connectivity index (χ1) is 9.63. The van der Waals surface area contributed by atoms with Crippen LogP contribution < -0.4 is 0 Å². The summed E-state index contributed by atoms with van der Waals surface area (Å²) in [5.74, 6) is 0. The van der Waals surface area contributed by atoms with Crippen LogP contribution in [0.4, 0.5) is 0 Å². The molecule has 1 rings (SSSR count). The van der Waals surface area contributed by atoms with Gasteiger partial charge < -0.3 is 9.05 Å². The Labute approximate surface area is 127 Å². The molecule has 0 amide bonds. The highest BCUT2D eigenvalue weighted by Gasteiger charge is 2.24. The lowest BCUT2D eigenvalue weighted by Gasteiger charge is -2.15. The lowest BCUT2D eigenvalue weighted by Crippen LogP contribution is -1.97. The van der Waals surface area contributed by atoms with Crippen molar-refractivity contribution >= 4 is 18.9 Å². The fourth-order valence-corrected chi connectivity index (χ4v) is 5.20. The summed E-state index contributed by atoms with van der Waals surface area (Å²) < 4.78 is 23.1. The minimum absolute atomic E-state index is 0.397. The molecule has 0 unspecified atom stereocenters. The highest BCUT2D eigenvalue weighted by Crippen LogP contribution is 2.52. The van der Waals surface area contributed by atoms with E-state index in [1.165, 1.54) is 30.6 Å². The van der Waals surface area contributed by atoms with Crippen LogP contribution in [0.3, 0.4) is 0 Å². The first-order valence-electron chi connectivity index (χ1n) is 7.59. The zero-order chi connectivity index (χ0) is 14.8. The largest absolute Gasteiger partial charge is 0.335 e. The van der Waals surface area contributed by atoms with Crippen molar-refractivity contribution in [1.29, 1.82) is 0 Å². The van der Waals surface area contributed by atoms with E-state index in [4.69, 9.17) is 9.05 Å². The first kappa shape index (κ1) is 17.9. The number of hydrogen-bond acceptors (Lipinski definition) is 4. The Balaban J connectivity index is 2.51. The molecule has 1 aromatic heterocycles. The molecule has 1 aromatic rings. The van der Waals surface area contributed by atoms with Gasteiger partial charge in [-0.2, -0.15) is 0 Å². The number of hydrogen-bond donors (Lipinski definition) is 0. The minimum atomic E-state index is -2.95. The van der Waals surface area contributed by atoms with Gasteiger partial charge in [0.1, 0.15) is 0 Å². The topological polar surface area (TPSA) is 35.5 Å². The molecule has 0 atom stereocenters. The Morgan fingerprint density at radius 2 is 1.65 bits per heavy atom. The lowest BCUT2D eigenvalue weighted by atomic mass is 10.1. The molecule has 0 saturated heterocycles. The van der Waals surface area contributed by atoms with Gasteiger partial charge in [0.05, 0.1) is 19.4 Å². The number of aryl methyl sites for hydroxylation is 1. The molecule has 0 aromatic carbocycles. The average molecular weight is 318 g/mol. The second-order valence-electron chi connectivity index (χ2n) is 4.78. The van der Waals surface area contributed by atoms with E-state index >= 15 is 0 Å². The quantitative estimate of drug-likeness (QED) is 0.391. The van der Waals surface area contributed by atoms with E-state index < -0.39 is 7.60 Å². The van der Waals surface area contributed by atoms with Crippen LogP contribution in [0.2, 0.25) is 0 Å². The van der Waals surface area contributed by atoms with E-state index in [0.717, 1.165) is 11.3 Å². The van der Waals surface area contributed by atoms with Crippen molar-refractivity contribution in [2.24, 2.45) is 0 Å². The lowest BCUT2D eigenvalue weighted by molar-refractivity contribution is 0.219. The predicted octanol–water partition coefficient (Wildman–Crippen LogP) is 5.64. The molecule has 0 aliphatic heterocycles. The van der Waals surface area contributed by atoms with E-state index in [9.17, 15) is 4.57 Å². The molecule has 116 valence electrons. The van der Waals surface area contributed by atoms with Crippen molar-refractivity contribution in [1.82, 2.24) is 0 Å². The number of unbranched alkanes of at least 4 members (excludes halogenated alkanes) is 3. The fraction of sp³-hybridized carbons (Fsp3) is 0.733. The number of rotatable bonds is 11. The Bertz CT molecular complexity index is 407. The van der Waals surface area contributed by atoms with Gasteiger partial charge in [0, 0.05) is 9.75 Å². The maximum atomic E-state index is 12.5. The second kappa shape index (κ2) is 9.73. The van der Waals surface area contributed by atoms with Gasteiger partial charge in [0.2, 0.25) is 0 Å². The molecule has 0 aliphatic carbocycles. The van der Waals surface area contributed by atoms with Crippen LogP contribution in [0, 0.1) is 0 Å². The zero-order valence-electron chi connectivity index (χ0n) is 12.9. The van der Waals surface area contributed by atoms with Crippen molar-refractivity contribution in [3.8, 4) is 0 Å². The van der Waals surface area contributed by atoms with Gasteiger partial charge in [-0.15, -0.1) is 11.3 Å². The molecule has 1 heterocycles. The summed E-state index contributed by atoms with van der Waals surface area (Å²) in [6, 6.07) is 4.21. The fourth-order valence-electron chi connectivity index (χ4n) is 2.08. The van der Waals surface area contributed by atoms with E-state index in [0.29, 0.717) is 19.4 Å². The van der Waals surface area contributed by atoms with Gasteiger partial charge in [-0.25, -0.2) is 0 Å². The summed E-state index contributed by atoms with van der Waals surface area (Å²) >= 11 is 1.74. The van der Waals surface area contributed by atoms with Gasteiger partial charge in [0.25, 0.3) is 0 Å². The van der Waals surface area contributed by atoms with Crippen molar-refractivity contribution in [3.05, 3.63) is 21.9 Å². The van der Waals surface area contributed by atoms with Gasteiger partial charge in [-0.05, 0) is 38.8 Å². The van der Waals surface area contributed by atoms with E-state index in [2.05, 4.69) is 19.1 Å². The predicted molar refractivity (Wildman–Crippen MR) is 86.7 cm³/mol. The summed E-state index contributed by atoms with van der Waals surface area (Å²) in [4.78, 5) is 2.47. The molecule has 0 spiro atoms. The molecule has 3 nitrogen and oxygen atoms in total. The minimum Gasteiger partial charge on any atom is -0.309 e. The Kier molecular flexibility index (Phi) is 8.70. The van der Waals surface area contributed by atoms with Crippen molar-refractivity contribution in [2.75, 3.05) is 13.2 Å². The molecule has 0 aliphatic rings. The Morgan fingerprint density at radius 1 is 1.00 bits per heavy atom. The SMILES string of the molecule is CCCCCCc1ccc(CP(=O)(OCC)OCC)s1. The summed E-state index contributed by atoms with van der Waals surface area (Å²) in [6.07, 6.45) is 6.62.